The summed E-state index contributed by atoms with van der Waals surface area (Å²) >= 11 is 0. The van der Waals surface area contributed by atoms with Gasteiger partial charge in [0, 0.05) is 0 Å². The van der Waals surface area contributed by atoms with Crippen molar-refractivity contribution in [3.63, 3.8) is 0 Å². The highest BCUT2D eigenvalue weighted by Crippen LogP contribution is 2.02. The number of quaternary nitrogens is 1. The van der Waals surface area contributed by atoms with Crippen LogP contribution in [0.4, 0.5) is 0 Å². The summed E-state index contributed by atoms with van der Waals surface area (Å²) in [7, 11) is 0. The second kappa shape index (κ2) is 14.6. The highest BCUT2D eigenvalue weighted by molar-refractivity contribution is 5.15. The van der Waals surface area contributed by atoms with Crippen LogP contribution in [0.5, 0.6) is 0 Å². The predicted octanol–water partition coefficient (Wildman–Crippen LogP) is 3.89. The molecule has 0 rings (SSSR count). The van der Waals surface area contributed by atoms with Gasteiger partial charge in [-0.1, -0.05) is 59.0 Å². The lowest BCUT2D eigenvalue weighted by molar-refractivity contribution is -0.895. The third-order valence-corrected chi connectivity index (χ3v) is 3.89. The topological polar surface area (TPSA) is 28.2 Å². The van der Waals surface area contributed by atoms with E-state index in [0.717, 1.165) is 12.1 Å². The number of nitrogens with one attached hydrogen (secondary N) is 1. The van der Waals surface area contributed by atoms with Gasteiger partial charge in [0.05, 0.1) is 24.7 Å². The van der Waals surface area contributed by atoms with Crippen LogP contribution in [0.1, 0.15) is 78.1 Å². The van der Waals surface area contributed by atoms with Gasteiger partial charge in [-0.15, -0.1) is 0 Å². The number of nitrogens with zero attached hydrogens (tertiary/aromatic N) is 1. The summed E-state index contributed by atoms with van der Waals surface area (Å²) in [4.78, 5) is 1.56. The summed E-state index contributed by atoms with van der Waals surface area (Å²) in [5.41, 5.74) is 0.738. The number of rotatable bonds is 14. The van der Waals surface area contributed by atoms with Crippen molar-refractivity contribution in [1.82, 2.24) is 0 Å². The molecule has 0 aliphatic heterocycles. The Morgan fingerprint density at radius 3 is 1.70 bits per heavy atom. The largest absolute Gasteiger partial charge is 0.331 e. The van der Waals surface area contributed by atoms with Crippen LogP contribution in [0.3, 0.4) is 0 Å². The Balaban J connectivity index is 3.83. The fraction of sp³-hybridized carbons (Fsp3) is 0.833. The van der Waals surface area contributed by atoms with Gasteiger partial charge < -0.3 is 4.90 Å². The van der Waals surface area contributed by atoms with Gasteiger partial charge in [-0.2, -0.15) is 5.26 Å². The fourth-order valence-electron chi connectivity index (χ4n) is 2.60. The summed E-state index contributed by atoms with van der Waals surface area (Å²) in [6.45, 7) is 11.6. The van der Waals surface area contributed by atoms with Crippen molar-refractivity contribution in [1.29, 1.82) is 5.26 Å². The second-order valence-corrected chi connectivity index (χ2v) is 5.97. The second-order valence-electron chi connectivity index (χ2n) is 5.97. The van der Waals surface area contributed by atoms with Crippen LogP contribution in [-0.2, 0) is 0 Å². The van der Waals surface area contributed by atoms with E-state index < -0.39 is 0 Å². The summed E-state index contributed by atoms with van der Waals surface area (Å²) in [5, 5.41) is 8.90. The van der Waals surface area contributed by atoms with Crippen LogP contribution in [0.2, 0.25) is 0 Å². The SMILES string of the molecule is C=C(C#N)C[NH+](CCCCCCC)CCCCCCC. The normalized spacial score (nSPS) is 10.7. The van der Waals surface area contributed by atoms with Gasteiger partial charge in [0.25, 0.3) is 0 Å². The van der Waals surface area contributed by atoms with Crippen LogP contribution in [-0.4, -0.2) is 19.6 Å². The summed E-state index contributed by atoms with van der Waals surface area (Å²) < 4.78 is 0. The smallest absolute Gasteiger partial charge is 0.112 e. The molecule has 2 nitrogen and oxygen atoms in total. The molecule has 0 aromatic carbocycles. The van der Waals surface area contributed by atoms with Crippen molar-refractivity contribution < 1.29 is 4.90 Å². The maximum atomic E-state index is 8.90. The van der Waals surface area contributed by atoms with E-state index in [4.69, 9.17) is 5.26 Å². The third-order valence-electron chi connectivity index (χ3n) is 3.89. The minimum absolute atomic E-state index is 0.738. The molecule has 0 atom stereocenters. The minimum atomic E-state index is 0.738. The van der Waals surface area contributed by atoms with Crippen molar-refractivity contribution in [2.75, 3.05) is 19.6 Å². The van der Waals surface area contributed by atoms with E-state index in [9.17, 15) is 0 Å². The Bertz CT molecular complexity index is 251. The van der Waals surface area contributed by atoms with Crippen LogP contribution in [0.15, 0.2) is 12.2 Å². The van der Waals surface area contributed by atoms with E-state index >= 15 is 0 Å². The molecule has 0 aromatic rings. The van der Waals surface area contributed by atoms with E-state index in [2.05, 4.69) is 26.5 Å². The summed E-state index contributed by atoms with van der Waals surface area (Å²) in [6.07, 6.45) is 13.3. The molecule has 0 heterocycles. The molecule has 116 valence electrons. The number of hydrogen-bond donors (Lipinski definition) is 1. The van der Waals surface area contributed by atoms with Crippen LogP contribution >= 0.6 is 0 Å². The van der Waals surface area contributed by atoms with Gasteiger partial charge in [-0.3, -0.25) is 0 Å². The third kappa shape index (κ3) is 12.2. The minimum Gasteiger partial charge on any atom is -0.331 e. The van der Waals surface area contributed by atoms with Gasteiger partial charge in [-0.05, 0) is 25.7 Å². The van der Waals surface area contributed by atoms with Crippen LogP contribution in [0.25, 0.3) is 0 Å². The Hall–Kier alpha value is -0.810. The highest BCUT2D eigenvalue weighted by atomic mass is 15.1. The monoisotopic (exact) mass is 279 g/mol. The molecule has 0 aromatic heterocycles. The Morgan fingerprint density at radius 1 is 0.850 bits per heavy atom. The van der Waals surface area contributed by atoms with E-state index in [-0.39, 0.29) is 0 Å². The van der Waals surface area contributed by atoms with Gasteiger partial charge >= 0.3 is 0 Å². The first-order valence-corrected chi connectivity index (χ1v) is 8.66. The lowest BCUT2D eigenvalue weighted by atomic mass is 10.1. The van der Waals surface area contributed by atoms with Crippen LogP contribution < -0.4 is 4.90 Å². The molecule has 0 radical (unpaired) electrons. The molecule has 1 N–H and O–H groups in total. The summed E-state index contributed by atoms with van der Waals surface area (Å²) in [5.74, 6) is 0. The lowest BCUT2D eigenvalue weighted by Gasteiger charge is -2.19. The maximum absolute atomic E-state index is 8.90. The Labute approximate surface area is 126 Å². The van der Waals surface area contributed by atoms with Crippen LogP contribution in [0, 0.1) is 11.3 Å². The summed E-state index contributed by atoms with van der Waals surface area (Å²) in [6, 6.07) is 2.20. The van der Waals surface area contributed by atoms with Gasteiger partial charge in [0.1, 0.15) is 6.54 Å². The molecule has 0 aliphatic carbocycles. The van der Waals surface area contributed by atoms with Crippen molar-refractivity contribution >= 4 is 0 Å². The van der Waals surface area contributed by atoms with Crippen molar-refractivity contribution in [2.24, 2.45) is 0 Å². The molecule has 20 heavy (non-hydrogen) atoms. The molecular formula is C18H35N2+. The zero-order chi connectivity index (χ0) is 15.1. The van der Waals surface area contributed by atoms with Gasteiger partial charge in [0.15, 0.2) is 0 Å². The molecule has 0 unspecified atom stereocenters. The van der Waals surface area contributed by atoms with Gasteiger partial charge in [0.2, 0.25) is 0 Å². The molecule has 0 saturated heterocycles. The van der Waals surface area contributed by atoms with Crippen molar-refractivity contribution in [3.05, 3.63) is 12.2 Å². The van der Waals surface area contributed by atoms with Crippen molar-refractivity contribution in [3.8, 4) is 6.07 Å². The Kier molecular flexibility index (Phi) is 14.0. The number of hydrogen-bond acceptors (Lipinski definition) is 1. The fourth-order valence-corrected chi connectivity index (χ4v) is 2.60. The molecule has 0 aliphatic rings. The number of unbranched alkanes of at least 4 members (excludes halogenated alkanes) is 8. The first kappa shape index (κ1) is 19.2. The van der Waals surface area contributed by atoms with Crippen molar-refractivity contribution in [2.45, 2.75) is 78.1 Å². The molecule has 2 heteroatoms. The zero-order valence-electron chi connectivity index (χ0n) is 13.8. The first-order chi connectivity index (χ1) is 9.74. The quantitative estimate of drug-likeness (QED) is 0.379. The molecule has 0 fully saturated rings. The lowest BCUT2D eigenvalue weighted by Crippen LogP contribution is -3.12. The van der Waals surface area contributed by atoms with Gasteiger partial charge in [-0.25, -0.2) is 0 Å². The number of nitriles is 1. The standard InChI is InChI=1S/C18H34N2/c1-4-6-8-10-12-14-20(17-18(3)16-19)15-13-11-9-7-5-2/h3-15,17H2,1-2H3/p+1. The average molecular weight is 279 g/mol. The maximum Gasteiger partial charge on any atom is 0.112 e. The van der Waals surface area contributed by atoms with E-state index in [1.807, 2.05) is 0 Å². The predicted molar refractivity (Wildman–Crippen MR) is 87.8 cm³/mol. The van der Waals surface area contributed by atoms with E-state index in [1.54, 1.807) is 4.90 Å². The molecule has 0 saturated carbocycles. The Morgan fingerprint density at radius 2 is 1.30 bits per heavy atom. The zero-order valence-corrected chi connectivity index (χ0v) is 13.8. The average Bonchev–Trinajstić information content (AvgIpc) is 2.46. The molecule has 0 spiro atoms. The molecule has 0 amide bonds. The highest BCUT2D eigenvalue weighted by Gasteiger charge is 2.09. The molecular weight excluding hydrogens is 244 g/mol. The van der Waals surface area contributed by atoms with E-state index in [1.165, 1.54) is 77.3 Å². The first-order valence-electron chi connectivity index (χ1n) is 8.66. The van der Waals surface area contributed by atoms with E-state index in [0.29, 0.717) is 0 Å². The molecule has 0 bridgehead atoms.